The molecule has 3 amide bonds. The number of amides is 3. The van der Waals surface area contributed by atoms with Gasteiger partial charge >= 0.3 is 12.0 Å². The van der Waals surface area contributed by atoms with Crippen LogP contribution in [0.1, 0.15) is 13.3 Å². The van der Waals surface area contributed by atoms with Crippen LogP contribution in [0.25, 0.3) is 0 Å². The Morgan fingerprint density at radius 1 is 1.20 bits per heavy atom. The van der Waals surface area contributed by atoms with Gasteiger partial charge in [-0.2, -0.15) is 0 Å². The maximum atomic E-state index is 11.6. The van der Waals surface area contributed by atoms with Crippen molar-refractivity contribution >= 4 is 23.6 Å². The zero-order valence-corrected chi connectivity index (χ0v) is 11.1. The summed E-state index contributed by atoms with van der Waals surface area (Å²) in [5.74, 6) is -1.43. The van der Waals surface area contributed by atoms with Crippen molar-refractivity contribution in [3.05, 3.63) is 30.3 Å². The molecule has 1 rings (SSSR count). The number of carbonyl (C=O) groups excluding carboxylic acids is 2. The van der Waals surface area contributed by atoms with Crippen LogP contribution in [0.2, 0.25) is 0 Å². The van der Waals surface area contributed by atoms with Crippen molar-refractivity contribution in [3.63, 3.8) is 0 Å². The summed E-state index contributed by atoms with van der Waals surface area (Å²) in [4.78, 5) is 33.5. The van der Waals surface area contributed by atoms with E-state index in [2.05, 4.69) is 16.0 Å². The molecule has 0 bridgehead atoms. The SMILES string of the molecule is CC(NC(=O)Nc1ccccc1)C(=O)NCCC(=O)O. The van der Waals surface area contributed by atoms with Crippen molar-refractivity contribution in [1.29, 1.82) is 0 Å². The van der Waals surface area contributed by atoms with Gasteiger partial charge in [-0.3, -0.25) is 9.59 Å². The van der Waals surface area contributed by atoms with Crippen LogP contribution in [0.3, 0.4) is 0 Å². The van der Waals surface area contributed by atoms with E-state index >= 15 is 0 Å². The Morgan fingerprint density at radius 3 is 2.45 bits per heavy atom. The summed E-state index contributed by atoms with van der Waals surface area (Å²) in [7, 11) is 0. The molecule has 7 heteroatoms. The Balaban J connectivity index is 2.33. The van der Waals surface area contributed by atoms with E-state index in [1.165, 1.54) is 6.92 Å². The Hall–Kier alpha value is -2.57. The van der Waals surface area contributed by atoms with Crippen LogP contribution >= 0.6 is 0 Å². The molecule has 1 aromatic rings. The molecule has 20 heavy (non-hydrogen) atoms. The van der Waals surface area contributed by atoms with E-state index in [-0.39, 0.29) is 13.0 Å². The van der Waals surface area contributed by atoms with Crippen molar-refractivity contribution in [3.8, 4) is 0 Å². The lowest BCUT2D eigenvalue weighted by atomic mass is 10.3. The summed E-state index contributed by atoms with van der Waals surface area (Å²) in [6.07, 6.45) is -0.158. The fraction of sp³-hybridized carbons (Fsp3) is 0.308. The van der Waals surface area contributed by atoms with E-state index in [1.807, 2.05) is 6.07 Å². The van der Waals surface area contributed by atoms with Crippen molar-refractivity contribution in [2.24, 2.45) is 0 Å². The standard InChI is InChI=1S/C13H17N3O4/c1-9(12(19)14-8-7-11(17)18)15-13(20)16-10-5-3-2-4-6-10/h2-6,9H,7-8H2,1H3,(H,14,19)(H,17,18)(H2,15,16,20). The second kappa shape index (κ2) is 7.78. The first-order valence-corrected chi connectivity index (χ1v) is 6.11. The van der Waals surface area contributed by atoms with Crippen LogP contribution in [0.4, 0.5) is 10.5 Å². The average molecular weight is 279 g/mol. The molecule has 1 unspecified atom stereocenters. The van der Waals surface area contributed by atoms with Gasteiger partial charge in [0.25, 0.3) is 0 Å². The van der Waals surface area contributed by atoms with Crippen LogP contribution in [-0.2, 0) is 9.59 Å². The summed E-state index contributed by atoms with van der Waals surface area (Å²) < 4.78 is 0. The summed E-state index contributed by atoms with van der Waals surface area (Å²) >= 11 is 0. The number of nitrogens with one attached hydrogen (secondary N) is 3. The second-order valence-corrected chi connectivity index (χ2v) is 4.12. The molecule has 108 valence electrons. The molecule has 1 aromatic carbocycles. The van der Waals surface area contributed by atoms with Crippen LogP contribution in [0.5, 0.6) is 0 Å². The molecule has 4 N–H and O–H groups in total. The molecule has 0 spiro atoms. The Labute approximate surface area is 116 Å². The molecular weight excluding hydrogens is 262 g/mol. The van der Waals surface area contributed by atoms with E-state index in [0.717, 1.165) is 0 Å². The first-order chi connectivity index (χ1) is 9.49. The smallest absolute Gasteiger partial charge is 0.319 e. The van der Waals surface area contributed by atoms with E-state index in [9.17, 15) is 14.4 Å². The molecule has 0 aliphatic heterocycles. The second-order valence-electron chi connectivity index (χ2n) is 4.12. The van der Waals surface area contributed by atoms with Gasteiger partial charge < -0.3 is 21.1 Å². The van der Waals surface area contributed by atoms with Gasteiger partial charge in [-0.1, -0.05) is 18.2 Å². The topological polar surface area (TPSA) is 108 Å². The minimum Gasteiger partial charge on any atom is -0.481 e. The number of hydrogen-bond donors (Lipinski definition) is 4. The number of rotatable bonds is 6. The van der Waals surface area contributed by atoms with Gasteiger partial charge in [0.2, 0.25) is 5.91 Å². The number of benzene rings is 1. The molecule has 0 aliphatic rings. The largest absolute Gasteiger partial charge is 0.481 e. The van der Waals surface area contributed by atoms with Crippen molar-refractivity contribution in [2.75, 3.05) is 11.9 Å². The number of hydrogen-bond acceptors (Lipinski definition) is 3. The highest BCUT2D eigenvalue weighted by Gasteiger charge is 2.15. The van der Waals surface area contributed by atoms with Gasteiger partial charge in [-0.05, 0) is 19.1 Å². The third kappa shape index (κ3) is 5.85. The van der Waals surface area contributed by atoms with Gasteiger partial charge in [-0.25, -0.2) is 4.79 Å². The van der Waals surface area contributed by atoms with E-state index in [4.69, 9.17) is 5.11 Å². The van der Waals surface area contributed by atoms with E-state index in [0.29, 0.717) is 5.69 Å². The number of carbonyl (C=O) groups is 3. The highest BCUT2D eigenvalue weighted by molar-refractivity contribution is 5.93. The van der Waals surface area contributed by atoms with Gasteiger partial charge in [-0.15, -0.1) is 0 Å². The molecule has 0 fully saturated rings. The minimum absolute atomic E-state index is 0.0283. The van der Waals surface area contributed by atoms with Gasteiger partial charge in [0.1, 0.15) is 6.04 Å². The van der Waals surface area contributed by atoms with Gasteiger partial charge in [0, 0.05) is 12.2 Å². The summed E-state index contributed by atoms with van der Waals surface area (Å²) in [6.45, 7) is 1.54. The van der Waals surface area contributed by atoms with Crippen LogP contribution < -0.4 is 16.0 Å². The predicted molar refractivity (Wildman–Crippen MR) is 73.3 cm³/mol. The summed E-state index contributed by atoms with van der Waals surface area (Å²) in [5.41, 5.74) is 0.614. The van der Waals surface area contributed by atoms with Gasteiger partial charge in [0.15, 0.2) is 0 Å². The molecule has 1 atom stereocenters. The maximum absolute atomic E-state index is 11.6. The number of carboxylic acids is 1. The highest BCUT2D eigenvalue weighted by atomic mass is 16.4. The number of para-hydroxylation sites is 1. The van der Waals surface area contributed by atoms with Crippen LogP contribution in [0.15, 0.2) is 30.3 Å². The average Bonchev–Trinajstić information content (AvgIpc) is 2.39. The molecule has 0 aliphatic carbocycles. The lowest BCUT2D eigenvalue weighted by Gasteiger charge is -2.14. The Kier molecular flexibility index (Phi) is 6.02. The maximum Gasteiger partial charge on any atom is 0.319 e. The highest BCUT2D eigenvalue weighted by Crippen LogP contribution is 2.04. The Morgan fingerprint density at radius 2 is 1.85 bits per heavy atom. The summed E-state index contributed by atoms with van der Waals surface area (Å²) in [5, 5.41) is 15.9. The van der Waals surface area contributed by atoms with E-state index in [1.54, 1.807) is 24.3 Å². The molecule has 0 saturated carbocycles. The minimum atomic E-state index is -0.993. The molecule has 7 nitrogen and oxygen atoms in total. The Bertz CT molecular complexity index is 476. The number of urea groups is 1. The number of carboxylic acid groups (broad SMARTS) is 1. The lowest BCUT2D eigenvalue weighted by molar-refractivity contribution is -0.137. The first-order valence-electron chi connectivity index (χ1n) is 6.11. The molecule has 0 radical (unpaired) electrons. The van der Waals surface area contributed by atoms with Crippen molar-refractivity contribution in [2.45, 2.75) is 19.4 Å². The lowest BCUT2D eigenvalue weighted by Crippen LogP contribution is -2.46. The number of aliphatic carboxylic acids is 1. The zero-order chi connectivity index (χ0) is 15.0. The van der Waals surface area contributed by atoms with Crippen molar-refractivity contribution < 1.29 is 19.5 Å². The molecule has 0 aromatic heterocycles. The molecular formula is C13H17N3O4. The third-order valence-corrected chi connectivity index (χ3v) is 2.41. The zero-order valence-electron chi connectivity index (χ0n) is 11.1. The normalized spacial score (nSPS) is 11.2. The van der Waals surface area contributed by atoms with Gasteiger partial charge in [0.05, 0.1) is 6.42 Å². The molecule has 0 heterocycles. The van der Waals surface area contributed by atoms with Crippen LogP contribution in [-0.4, -0.2) is 35.6 Å². The monoisotopic (exact) mass is 279 g/mol. The number of anilines is 1. The molecule has 0 saturated heterocycles. The van der Waals surface area contributed by atoms with Crippen LogP contribution in [0, 0.1) is 0 Å². The summed E-state index contributed by atoms with van der Waals surface area (Å²) in [6, 6.07) is 7.55. The quantitative estimate of drug-likeness (QED) is 0.617. The predicted octanol–water partition coefficient (Wildman–Crippen LogP) is 0.787. The fourth-order valence-corrected chi connectivity index (χ4v) is 1.40. The third-order valence-electron chi connectivity index (χ3n) is 2.41. The first kappa shape index (κ1) is 15.5. The van der Waals surface area contributed by atoms with E-state index < -0.39 is 23.9 Å². The van der Waals surface area contributed by atoms with Crippen molar-refractivity contribution in [1.82, 2.24) is 10.6 Å². The fourth-order valence-electron chi connectivity index (χ4n) is 1.40.